The van der Waals surface area contributed by atoms with Crippen LogP contribution < -0.4 is 4.74 Å². The van der Waals surface area contributed by atoms with E-state index >= 15 is 0 Å². The van der Waals surface area contributed by atoms with E-state index in [0.29, 0.717) is 24.4 Å². The molecule has 5 heteroatoms. The van der Waals surface area contributed by atoms with Crippen molar-refractivity contribution in [2.24, 2.45) is 0 Å². The summed E-state index contributed by atoms with van der Waals surface area (Å²) < 4.78 is 24.8. The van der Waals surface area contributed by atoms with Gasteiger partial charge in [-0.05, 0) is 70.5 Å². The first-order chi connectivity index (χ1) is 12.0. The largest absolute Gasteiger partial charge is 0.491 e. The van der Waals surface area contributed by atoms with Crippen molar-refractivity contribution in [3.63, 3.8) is 0 Å². The molecule has 0 N–H and O–H groups in total. The quantitative estimate of drug-likeness (QED) is 0.787. The second-order valence-electron chi connectivity index (χ2n) is 7.71. The number of benzene rings is 1. The van der Waals surface area contributed by atoms with E-state index in [0.717, 1.165) is 19.5 Å². The summed E-state index contributed by atoms with van der Waals surface area (Å²) >= 11 is 0. The Morgan fingerprint density at radius 2 is 1.84 bits per heavy atom. The van der Waals surface area contributed by atoms with E-state index in [9.17, 15) is 4.39 Å². The first-order valence-corrected chi connectivity index (χ1v) is 9.43. The van der Waals surface area contributed by atoms with E-state index in [1.165, 1.54) is 38.1 Å². The molecule has 1 aromatic carbocycles. The molecule has 3 rings (SSSR count). The van der Waals surface area contributed by atoms with Crippen LogP contribution in [0, 0.1) is 5.82 Å². The summed E-state index contributed by atoms with van der Waals surface area (Å²) in [5, 5.41) is 0. The summed E-state index contributed by atoms with van der Waals surface area (Å²) in [5.74, 6) is 0.454. The van der Waals surface area contributed by atoms with E-state index in [1.54, 1.807) is 19.2 Å². The molecule has 2 heterocycles. The van der Waals surface area contributed by atoms with Crippen molar-refractivity contribution in [1.29, 1.82) is 0 Å². The number of hydrogen-bond acceptors (Lipinski definition) is 4. The fraction of sp³-hybridized carbons (Fsp3) is 0.700. The van der Waals surface area contributed by atoms with Gasteiger partial charge in [0.2, 0.25) is 0 Å². The van der Waals surface area contributed by atoms with Crippen LogP contribution in [0.15, 0.2) is 24.3 Å². The molecule has 0 radical (unpaired) electrons. The number of nitrogens with zero attached hydrogens (tertiary/aromatic N) is 2. The maximum Gasteiger partial charge on any atom is 0.123 e. The molecule has 1 aromatic rings. The van der Waals surface area contributed by atoms with Crippen LogP contribution in [-0.2, 0) is 4.74 Å². The summed E-state index contributed by atoms with van der Waals surface area (Å²) in [6, 6.07) is 7.50. The lowest BCUT2D eigenvalue weighted by Crippen LogP contribution is -2.48. The average Bonchev–Trinajstić information content (AvgIpc) is 3.06. The van der Waals surface area contributed by atoms with Crippen molar-refractivity contribution < 1.29 is 13.9 Å². The van der Waals surface area contributed by atoms with Crippen LogP contribution in [0.1, 0.15) is 33.1 Å². The lowest BCUT2D eigenvalue weighted by atomic mass is 10.0. The SMILES string of the molecule is COC1(COc2ccc(F)cc2)CCN(C2CCN(C(C)C)CC2)C1. The minimum absolute atomic E-state index is 0.242. The Labute approximate surface area is 150 Å². The summed E-state index contributed by atoms with van der Waals surface area (Å²) in [6.07, 6.45) is 3.45. The van der Waals surface area contributed by atoms with Crippen LogP contribution in [0.2, 0.25) is 0 Å². The Kier molecular flexibility index (Phi) is 5.97. The zero-order chi connectivity index (χ0) is 17.9. The number of hydrogen-bond donors (Lipinski definition) is 0. The van der Waals surface area contributed by atoms with Gasteiger partial charge in [-0.15, -0.1) is 0 Å². The van der Waals surface area contributed by atoms with Gasteiger partial charge in [-0.2, -0.15) is 0 Å². The molecular weight excluding hydrogens is 319 g/mol. The molecule has 2 aliphatic rings. The van der Waals surface area contributed by atoms with Crippen LogP contribution in [0.3, 0.4) is 0 Å². The fourth-order valence-electron chi connectivity index (χ4n) is 4.04. The van der Waals surface area contributed by atoms with E-state index < -0.39 is 0 Å². The summed E-state index contributed by atoms with van der Waals surface area (Å²) in [4.78, 5) is 5.14. The van der Waals surface area contributed by atoms with E-state index in [-0.39, 0.29) is 11.4 Å². The highest BCUT2D eigenvalue weighted by atomic mass is 19.1. The third-order valence-corrected chi connectivity index (χ3v) is 5.84. The van der Waals surface area contributed by atoms with Crippen LogP contribution in [0.5, 0.6) is 5.75 Å². The van der Waals surface area contributed by atoms with Crippen molar-refractivity contribution in [3.8, 4) is 5.75 Å². The van der Waals surface area contributed by atoms with Gasteiger partial charge in [-0.3, -0.25) is 4.90 Å². The van der Waals surface area contributed by atoms with Crippen molar-refractivity contribution in [2.45, 2.75) is 50.8 Å². The predicted octanol–water partition coefficient (Wildman–Crippen LogP) is 3.17. The van der Waals surface area contributed by atoms with E-state index in [2.05, 4.69) is 23.6 Å². The normalized spacial score (nSPS) is 26.4. The number of rotatable bonds is 6. The minimum atomic E-state index is -0.260. The smallest absolute Gasteiger partial charge is 0.123 e. The number of piperidine rings is 1. The molecule has 0 spiro atoms. The standard InChI is InChI=1S/C20H31FN2O2/c1-16(2)22-11-8-18(9-12-22)23-13-10-20(14-23,24-3)15-25-19-6-4-17(21)5-7-19/h4-7,16,18H,8-15H2,1-3H3. The first kappa shape index (κ1) is 18.6. The second kappa shape index (κ2) is 8.02. The highest BCUT2D eigenvalue weighted by Gasteiger charge is 2.42. The van der Waals surface area contributed by atoms with Crippen LogP contribution in [0.4, 0.5) is 4.39 Å². The molecule has 25 heavy (non-hydrogen) atoms. The topological polar surface area (TPSA) is 24.9 Å². The monoisotopic (exact) mass is 350 g/mol. The van der Waals surface area contributed by atoms with Gasteiger partial charge in [0.1, 0.15) is 23.8 Å². The summed E-state index contributed by atoms with van der Waals surface area (Å²) in [7, 11) is 1.78. The van der Waals surface area contributed by atoms with Gasteiger partial charge < -0.3 is 14.4 Å². The van der Waals surface area contributed by atoms with Crippen molar-refractivity contribution >= 4 is 0 Å². The molecule has 2 saturated heterocycles. The van der Waals surface area contributed by atoms with Gasteiger partial charge >= 0.3 is 0 Å². The number of halogens is 1. The predicted molar refractivity (Wildman–Crippen MR) is 97.6 cm³/mol. The second-order valence-corrected chi connectivity index (χ2v) is 7.71. The molecule has 0 aromatic heterocycles. The van der Waals surface area contributed by atoms with E-state index in [4.69, 9.17) is 9.47 Å². The number of likely N-dealkylation sites (tertiary alicyclic amines) is 2. The van der Waals surface area contributed by atoms with Crippen LogP contribution >= 0.6 is 0 Å². The maximum absolute atomic E-state index is 13.0. The zero-order valence-corrected chi connectivity index (χ0v) is 15.7. The Hall–Kier alpha value is -1.17. The zero-order valence-electron chi connectivity index (χ0n) is 15.7. The lowest BCUT2D eigenvalue weighted by Gasteiger charge is -2.39. The van der Waals surface area contributed by atoms with Gasteiger partial charge in [0.05, 0.1) is 0 Å². The third kappa shape index (κ3) is 4.52. The molecule has 1 atom stereocenters. The molecule has 2 aliphatic heterocycles. The van der Waals surface area contributed by atoms with Gasteiger partial charge in [0.25, 0.3) is 0 Å². The highest BCUT2D eigenvalue weighted by Crippen LogP contribution is 2.30. The van der Waals surface area contributed by atoms with Crippen molar-refractivity contribution in [3.05, 3.63) is 30.1 Å². The van der Waals surface area contributed by atoms with E-state index in [1.807, 2.05) is 0 Å². The molecule has 140 valence electrons. The summed E-state index contributed by atoms with van der Waals surface area (Å²) in [6.45, 7) is 9.41. The van der Waals surface area contributed by atoms with Gasteiger partial charge in [0, 0.05) is 32.3 Å². The molecule has 0 aliphatic carbocycles. The molecule has 0 saturated carbocycles. The lowest BCUT2D eigenvalue weighted by molar-refractivity contribution is -0.0400. The van der Waals surface area contributed by atoms with Crippen molar-refractivity contribution in [2.75, 3.05) is 39.9 Å². The molecular formula is C20H31FN2O2. The third-order valence-electron chi connectivity index (χ3n) is 5.84. The Bertz CT molecular complexity index is 543. The minimum Gasteiger partial charge on any atom is -0.491 e. The maximum atomic E-state index is 13.0. The molecule has 2 fully saturated rings. The Morgan fingerprint density at radius 3 is 2.44 bits per heavy atom. The van der Waals surface area contributed by atoms with Crippen LogP contribution in [-0.4, -0.2) is 67.4 Å². The molecule has 0 amide bonds. The molecule has 0 bridgehead atoms. The Balaban J connectivity index is 1.53. The van der Waals surface area contributed by atoms with Crippen molar-refractivity contribution in [1.82, 2.24) is 9.80 Å². The van der Waals surface area contributed by atoms with Crippen LogP contribution in [0.25, 0.3) is 0 Å². The highest BCUT2D eigenvalue weighted by molar-refractivity contribution is 5.22. The molecule has 1 unspecified atom stereocenters. The molecule has 4 nitrogen and oxygen atoms in total. The van der Waals surface area contributed by atoms with Gasteiger partial charge in [-0.25, -0.2) is 4.39 Å². The fourth-order valence-corrected chi connectivity index (χ4v) is 4.04. The Morgan fingerprint density at radius 1 is 1.16 bits per heavy atom. The first-order valence-electron chi connectivity index (χ1n) is 9.43. The average molecular weight is 350 g/mol. The number of methoxy groups -OCH3 is 1. The number of ether oxygens (including phenoxy) is 2. The van der Waals surface area contributed by atoms with Gasteiger partial charge in [-0.1, -0.05) is 0 Å². The summed E-state index contributed by atoms with van der Waals surface area (Å²) in [5.41, 5.74) is -0.260. The van der Waals surface area contributed by atoms with Gasteiger partial charge in [0.15, 0.2) is 0 Å².